The monoisotopic (exact) mass is 492 g/mol. The van der Waals surface area contributed by atoms with Gasteiger partial charge in [-0.2, -0.15) is 0 Å². The lowest BCUT2D eigenvalue weighted by molar-refractivity contribution is -0.134. The first-order chi connectivity index (χ1) is 17.0. The van der Waals surface area contributed by atoms with Gasteiger partial charge in [-0.25, -0.2) is 9.67 Å². The number of amides is 1. The number of benzene rings is 2. The third-order valence-electron chi connectivity index (χ3n) is 6.20. The molecule has 0 aliphatic carbocycles. The highest BCUT2D eigenvalue weighted by molar-refractivity contribution is 6.30. The fourth-order valence-corrected chi connectivity index (χ4v) is 4.55. The van der Waals surface area contributed by atoms with E-state index in [0.29, 0.717) is 54.7 Å². The van der Waals surface area contributed by atoms with Crippen molar-refractivity contribution >= 4 is 28.7 Å². The second kappa shape index (κ2) is 9.87. The van der Waals surface area contributed by atoms with Crippen LogP contribution in [0.1, 0.15) is 35.7 Å². The smallest absolute Gasteiger partial charge is 0.281 e. The highest BCUT2D eigenvalue weighted by Gasteiger charge is 2.26. The number of aromatic amines is 1. The summed E-state index contributed by atoms with van der Waals surface area (Å²) in [4.78, 5) is 34.7. The number of aromatic nitrogens is 5. The SMILES string of the molecule is Cc1cccc(OCC(=O)N2CCC(c3nc4c(nnn4Cc4cccc(Cl)c4)c(=O)[nH]3)CC2)c1. The van der Waals surface area contributed by atoms with E-state index in [-0.39, 0.29) is 29.5 Å². The topological polar surface area (TPSA) is 106 Å². The van der Waals surface area contributed by atoms with Crippen LogP contribution in [0.5, 0.6) is 5.75 Å². The Hall–Kier alpha value is -3.72. The van der Waals surface area contributed by atoms with Crippen molar-refractivity contribution in [2.24, 2.45) is 0 Å². The minimum atomic E-state index is -0.313. The molecule has 5 rings (SSSR count). The minimum Gasteiger partial charge on any atom is -0.484 e. The van der Waals surface area contributed by atoms with E-state index in [4.69, 9.17) is 21.3 Å². The molecule has 1 saturated heterocycles. The number of fused-ring (bicyclic) bond motifs is 1. The molecule has 10 heteroatoms. The maximum absolute atomic E-state index is 12.7. The molecule has 1 amide bonds. The van der Waals surface area contributed by atoms with Crippen molar-refractivity contribution in [3.63, 3.8) is 0 Å². The van der Waals surface area contributed by atoms with E-state index in [2.05, 4.69) is 15.3 Å². The van der Waals surface area contributed by atoms with Crippen molar-refractivity contribution < 1.29 is 9.53 Å². The number of rotatable bonds is 6. The summed E-state index contributed by atoms with van der Waals surface area (Å²) < 4.78 is 7.27. The van der Waals surface area contributed by atoms with E-state index in [9.17, 15) is 9.59 Å². The summed E-state index contributed by atoms with van der Waals surface area (Å²) in [6.45, 7) is 3.53. The summed E-state index contributed by atoms with van der Waals surface area (Å²) in [5.74, 6) is 1.26. The lowest BCUT2D eigenvalue weighted by Crippen LogP contribution is -2.41. The molecular formula is C25H25ClN6O3. The van der Waals surface area contributed by atoms with Crippen LogP contribution in [0.25, 0.3) is 11.2 Å². The third kappa shape index (κ3) is 5.19. The molecule has 0 atom stereocenters. The molecule has 3 heterocycles. The fraction of sp³-hybridized carbons (Fsp3) is 0.320. The number of ether oxygens (including phenoxy) is 1. The lowest BCUT2D eigenvalue weighted by atomic mass is 9.96. The molecular weight excluding hydrogens is 468 g/mol. The van der Waals surface area contributed by atoms with Gasteiger partial charge in [0, 0.05) is 24.0 Å². The van der Waals surface area contributed by atoms with Gasteiger partial charge in [0.2, 0.25) is 0 Å². The zero-order valence-electron chi connectivity index (χ0n) is 19.3. The van der Waals surface area contributed by atoms with E-state index in [1.807, 2.05) is 49.4 Å². The zero-order valence-corrected chi connectivity index (χ0v) is 20.0. The Bertz CT molecular complexity index is 1420. The molecule has 1 fully saturated rings. The Morgan fingerprint density at radius 2 is 1.97 bits per heavy atom. The quantitative estimate of drug-likeness (QED) is 0.442. The lowest BCUT2D eigenvalue weighted by Gasteiger charge is -2.31. The van der Waals surface area contributed by atoms with Crippen molar-refractivity contribution in [2.75, 3.05) is 19.7 Å². The molecule has 0 radical (unpaired) electrons. The Morgan fingerprint density at radius 3 is 2.74 bits per heavy atom. The van der Waals surface area contributed by atoms with Gasteiger partial charge >= 0.3 is 0 Å². The van der Waals surface area contributed by atoms with E-state index < -0.39 is 0 Å². The summed E-state index contributed by atoms with van der Waals surface area (Å²) in [5, 5.41) is 8.77. The van der Waals surface area contributed by atoms with Crippen molar-refractivity contribution in [1.29, 1.82) is 0 Å². The Kier molecular flexibility index (Phi) is 6.50. The van der Waals surface area contributed by atoms with E-state index in [1.54, 1.807) is 15.6 Å². The third-order valence-corrected chi connectivity index (χ3v) is 6.43. The number of piperidine rings is 1. The Labute approximate surface area is 206 Å². The molecule has 1 aliphatic heterocycles. The number of hydrogen-bond donors (Lipinski definition) is 1. The second-order valence-corrected chi connectivity index (χ2v) is 9.20. The zero-order chi connectivity index (χ0) is 24.4. The highest BCUT2D eigenvalue weighted by Crippen LogP contribution is 2.26. The number of carbonyl (C=O) groups is 1. The first-order valence-corrected chi connectivity index (χ1v) is 11.9. The number of likely N-dealkylation sites (tertiary alicyclic amines) is 1. The van der Waals surface area contributed by atoms with Gasteiger partial charge in [0.15, 0.2) is 17.8 Å². The Balaban J connectivity index is 1.25. The van der Waals surface area contributed by atoms with Crippen molar-refractivity contribution in [3.8, 4) is 5.75 Å². The van der Waals surface area contributed by atoms with Crippen LogP contribution in [0.2, 0.25) is 5.02 Å². The number of aryl methyl sites for hydroxylation is 1. The molecule has 0 saturated carbocycles. The first-order valence-electron chi connectivity index (χ1n) is 11.5. The molecule has 1 N–H and O–H groups in total. The summed E-state index contributed by atoms with van der Waals surface area (Å²) in [5.41, 5.74) is 2.35. The second-order valence-electron chi connectivity index (χ2n) is 8.76. The predicted octanol–water partition coefficient (Wildman–Crippen LogP) is 3.31. The molecule has 0 spiro atoms. The molecule has 2 aromatic carbocycles. The number of hydrogen-bond acceptors (Lipinski definition) is 6. The Morgan fingerprint density at radius 1 is 1.17 bits per heavy atom. The van der Waals surface area contributed by atoms with Gasteiger partial charge in [0.25, 0.3) is 11.5 Å². The molecule has 0 bridgehead atoms. The van der Waals surface area contributed by atoms with Gasteiger partial charge in [-0.05, 0) is 55.2 Å². The standard InChI is InChI=1S/C25H25ClN6O3/c1-16-4-2-7-20(12-16)35-15-21(33)31-10-8-18(9-11-31)23-27-24-22(25(34)28-23)29-30-32(24)14-17-5-3-6-19(26)13-17/h2-7,12-13,18H,8-11,14-15H2,1H3,(H,27,28,34). The summed E-state index contributed by atoms with van der Waals surface area (Å²) in [6.07, 6.45) is 1.39. The predicted molar refractivity (Wildman–Crippen MR) is 132 cm³/mol. The van der Waals surface area contributed by atoms with E-state index in [1.165, 1.54) is 0 Å². The minimum absolute atomic E-state index is 0.00349. The van der Waals surface area contributed by atoms with Gasteiger partial charge in [-0.3, -0.25) is 9.59 Å². The molecule has 1 aliphatic rings. The van der Waals surface area contributed by atoms with Crippen LogP contribution >= 0.6 is 11.6 Å². The van der Waals surface area contributed by atoms with Crippen LogP contribution < -0.4 is 10.3 Å². The van der Waals surface area contributed by atoms with Crippen LogP contribution in [0.15, 0.2) is 53.3 Å². The molecule has 180 valence electrons. The maximum Gasteiger partial charge on any atom is 0.281 e. The van der Waals surface area contributed by atoms with Crippen molar-refractivity contribution in [2.45, 2.75) is 32.2 Å². The molecule has 2 aromatic heterocycles. The van der Waals surface area contributed by atoms with Crippen molar-refractivity contribution in [1.82, 2.24) is 29.9 Å². The van der Waals surface area contributed by atoms with Crippen LogP contribution in [-0.2, 0) is 11.3 Å². The number of carbonyl (C=O) groups excluding carboxylic acids is 1. The van der Waals surface area contributed by atoms with Gasteiger partial charge < -0.3 is 14.6 Å². The largest absolute Gasteiger partial charge is 0.484 e. The average molecular weight is 493 g/mol. The summed E-state index contributed by atoms with van der Waals surface area (Å²) in [7, 11) is 0. The van der Waals surface area contributed by atoms with E-state index in [0.717, 1.165) is 11.1 Å². The van der Waals surface area contributed by atoms with Gasteiger partial charge in [-0.15, -0.1) is 5.10 Å². The van der Waals surface area contributed by atoms with Crippen LogP contribution in [-0.4, -0.2) is 55.5 Å². The van der Waals surface area contributed by atoms with E-state index >= 15 is 0 Å². The van der Waals surface area contributed by atoms with Crippen LogP contribution in [0.3, 0.4) is 0 Å². The molecule has 35 heavy (non-hydrogen) atoms. The van der Waals surface area contributed by atoms with Crippen LogP contribution in [0.4, 0.5) is 0 Å². The van der Waals surface area contributed by atoms with Crippen molar-refractivity contribution in [3.05, 3.63) is 80.9 Å². The summed E-state index contributed by atoms with van der Waals surface area (Å²) >= 11 is 6.09. The van der Waals surface area contributed by atoms with Crippen LogP contribution in [0, 0.1) is 6.92 Å². The van der Waals surface area contributed by atoms with Gasteiger partial charge in [0.05, 0.1) is 6.54 Å². The number of nitrogens with one attached hydrogen (secondary N) is 1. The molecule has 0 unspecified atom stereocenters. The average Bonchev–Trinajstić information content (AvgIpc) is 3.26. The number of halogens is 1. The fourth-order valence-electron chi connectivity index (χ4n) is 4.34. The number of H-pyrrole nitrogens is 1. The normalized spacial score (nSPS) is 14.4. The molecule has 4 aromatic rings. The number of nitrogens with zero attached hydrogens (tertiary/aromatic N) is 5. The van der Waals surface area contributed by atoms with Gasteiger partial charge in [0.1, 0.15) is 11.6 Å². The molecule has 9 nitrogen and oxygen atoms in total. The first kappa shape index (κ1) is 23.0. The highest BCUT2D eigenvalue weighted by atomic mass is 35.5. The maximum atomic E-state index is 12.7. The van der Waals surface area contributed by atoms with Gasteiger partial charge in [-0.1, -0.05) is 41.1 Å². The summed E-state index contributed by atoms with van der Waals surface area (Å²) in [6, 6.07) is 15.1.